The molecule has 0 bridgehead atoms. The van der Waals surface area contributed by atoms with E-state index in [2.05, 4.69) is 29.0 Å². The van der Waals surface area contributed by atoms with Gasteiger partial charge in [0.2, 0.25) is 0 Å². The van der Waals surface area contributed by atoms with Gasteiger partial charge in [-0.25, -0.2) is 38.7 Å². The van der Waals surface area contributed by atoms with Gasteiger partial charge in [0.05, 0.1) is 19.4 Å². The van der Waals surface area contributed by atoms with Crippen molar-refractivity contribution in [3.05, 3.63) is 0 Å². The zero-order valence-electron chi connectivity index (χ0n) is 19.7. The minimum atomic E-state index is -2.53. The summed E-state index contributed by atoms with van der Waals surface area (Å²) in [6.07, 6.45) is -12.3. The number of hydrogen-bond donors (Lipinski definition) is 5. The summed E-state index contributed by atoms with van der Waals surface area (Å²) in [6, 6.07) is 0. The highest BCUT2D eigenvalue weighted by Crippen LogP contribution is 2.11. The van der Waals surface area contributed by atoms with Gasteiger partial charge < -0.3 is 35.0 Å². The summed E-state index contributed by atoms with van der Waals surface area (Å²) >= 11 is 0. The summed E-state index contributed by atoms with van der Waals surface area (Å²) in [5.74, 6) is -12.8. The molecule has 38 heavy (non-hydrogen) atoms. The molecule has 19 heteroatoms. The van der Waals surface area contributed by atoms with E-state index in [0.29, 0.717) is 0 Å². The van der Waals surface area contributed by atoms with Gasteiger partial charge in [0.1, 0.15) is 12.2 Å². The van der Waals surface area contributed by atoms with Crippen molar-refractivity contribution in [3.63, 3.8) is 0 Å². The Hall–Kier alpha value is -4.04. The van der Waals surface area contributed by atoms with Crippen LogP contribution in [0.2, 0.25) is 0 Å². The molecule has 5 N–H and O–H groups in total. The van der Waals surface area contributed by atoms with Gasteiger partial charge >= 0.3 is 35.8 Å². The monoisotopic (exact) mass is 556 g/mol. The van der Waals surface area contributed by atoms with E-state index in [9.17, 15) is 48.6 Å². The van der Waals surface area contributed by atoms with Crippen LogP contribution in [0.1, 0.15) is 26.7 Å². The van der Waals surface area contributed by atoms with E-state index in [1.54, 1.807) is 0 Å². The van der Waals surface area contributed by atoms with E-state index in [1.165, 1.54) is 0 Å². The molecule has 0 saturated heterocycles. The molecule has 5 unspecified atom stereocenters. The summed E-state index contributed by atoms with van der Waals surface area (Å²) in [5.41, 5.74) is 0. The van der Waals surface area contributed by atoms with Crippen molar-refractivity contribution in [3.8, 4) is 0 Å². The third-order valence-electron chi connectivity index (χ3n) is 3.82. The molecule has 0 radical (unpaired) electrons. The summed E-state index contributed by atoms with van der Waals surface area (Å²) in [6.45, 7) is -0.499. The molecule has 0 aromatic carbocycles. The number of esters is 2. The molecule has 0 amide bonds. The third kappa shape index (κ3) is 12.3. The highest BCUT2D eigenvalue weighted by Gasteiger charge is 2.40. The van der Waals surface area contributed by atoms with Crippen LogP contribution in [0.4, 0.5) is 0 Å². The van der Waals surface area contributed by atoms with Crippen LogP contribution >= 0.6 is 0 Å². The van der Waals surface area contributed by atoms with Crippen molar-refractivity contribution >= 4 is 47.4 Å². The standard InChI is InChI=1S/C19H24O19/c1-7(21)16(29)35-37-18(31)10(24)6-33-11(25)3-4-12(26)34-15(13(27)9(23)5-20)14(28)19(32)38-36-17(30)8(2)22/h7-9,13,15,20-23,27H,3-6H2,1-2H3. The van der Waals surface area contributed by atoms with Crippen LogP contribution in [0.25, 0.3) is 0 Å². The first-order valence-electron chi connectivity index (χ1n) is 10.2. The lowest BCUT2D eigenvalue weighted by Crippen LogP contribution is -2.49. The first kappa shape index (κ1) is 34.0. The fourth-order valence-electron chi connectivity index (χ4n) is 1.77. The summed E-state index contributed by atoms with van der Waals surface area (Å²) in [7, 11) is 0. The summed E-state index contributed by atoms with van der Waals surface area (Å²) in [4.78, 5) is 108. The first-order chi connectivity index (χ1) is 17.6. The molecule has 0 aliphatic carbocycles. The second-order valence-electron chi connectivity index (χ2n) is 7.00. The lowest BCUT2D eigenvalue weighted by atomic mass is 10.0. The Morgan fingerprint density at radius 1 is 0.684 bits per heavy atom. The van der Waals surface area contributed by atoms with Gasteiger partial charge in [-0.2, -0.15) is 0 Å². The summed E-state index contributed by atoms with van der Waals surface area (Å²) in [5, 5.41) is 46.1. The van der Waals surface area contributed by atoms with Crippen LogP contribution in [0.15, 0.2) is 0 Å². The molecule has 214 valence electrons. The maximum Gasteiger partial charge on any atom is 0.425 e. The Morgan fingerprint density at radius 3 is 1.63 bits per heavy atom. The minimum absolute atomic E-state index is 0.853. The number of Topliss-reactive ketones (excluding diaryl/α,β-unsaturated/α-hetero) is 2. The molecular weight excluding hydrogens is 532 g/mol. The first-order valence-corrected chi connectivity index (χ1v) is 10.2. The number of ketones is 2. The second kappa shape index (κ2) is 16.7. The predicted molar refractivity (Wildman–Crippen MR) is 107 cm³/mol. The topological polar surface area (TPSA) is 293 Å². The molecule has 0 aromatic rings. The van der Waals surface area contributed by atoms with E-state index < -0.39 is 104 Å². The van der Waals surface area contributed by atoms with E-state index in [-0.39, 0.29) is 0 Å². The number of hydrogen-bond acceptors (Lipinski definition) is 19. The Bertz CT molecular complexity index is 906. The summed E-state index contributed by atoms with van der Waals surface area (Å²) < 4.78 is 8.92. The van der Waals surface area contributed by atoms with E-state index in [1.807, 2.05) is 0 Å². The van der Waals surface area contributed by atoms with E-state index in [4.69, 9.17) is 15.3 Å². The number of aliphatic hydroxyl groups is 5. The van der Waals surface area contributed by atoms with E-state index >= 15 is 0 Å². The van der Waals surface area contributed by atoms with Gasteiger partial charge in [-0.1, -0.05) is 0 Å². The van der Waals surface area contributed by atoms with Crippen LogP contribution in [0.3, 0.4) is 0 Å². The molecule has 19 nitrogen and oxygen atoms in total. The zero-order valence-corrected chi connectivity index (χ0v) is 19.7. The minimum Gasteiger partial charge on any atom is -0.457 e. The molecule has 0 aromatic heterocycles. The molecule has 0 aliphatic rings. The van der Waals surface area contributed by atoms with Crippen LogP contribution < -0.4 is 0 Å². The second-order valence-corrected chi connectivity index (χ2v) is 7.00. The van der Waals surface area contributed by atoms with Crippen LogP contribution in [0, 0.1) is 0 Å². The number of ether oxygens (including phenoxy) is 2. The number of rotatable bonds is 14. The maximum absolute atomic E-state index is 12.2. The van der Waals surface area contributed by atoms with Gasteiger partial charge in [-0.3, -0.25) is 19.2 Å². The van der Waals surface area contributed by atoms with Gasteiger partial charge in [-0.15, -0.1) is 0 Å². The third-order valence-corrected chi connectivity index (χ3v) is 3.82. The van der Waals surface area contributed by atoms with Crippen molar-refractivity contribution < 1.29 is 92.9 Å². The molecular formula is C19H24O19. The van der Waals surface area contributed by atoms with Gasteiger partial charge in [0.15, 0.2) is 24.9 Å². The van der Waals surface area contributed by atoms with Gasteiger partial charge in [-0.05, 0) is 13.8 Å². The zero-order chi connectivity index (χ0) is 29.6. The van der Waals surface area contributed by atoms with Gasteiger partial charge in [0, 0.05) is 0 Å². The molecule has 0 heterocycles. The van der Waals surface area contributed by atoms with Crippen molar-refractivity contribution in [2.75, 3.05) is 13.2 Å². The highest BCUT2D eigenvalue weighted by atomic mass is 17.2. The predicted octanol–water partition coefficient (Wildman–Crippen LogP) is -5.16. The lowest BCUT2D eigenvalue weighted by molar-refractivity contribution is -0.262. The smallest absolute Gasteiger partial charge is 0.425 e. The van der Waals surface area contributed by atoms with Crippen LogP contribution in [0.5, 0.6) is 0 Å². The molecule has 0 spiro atoms. The maximum atomic E-state index is 12.2. The highest BCUT2D eigenvalue weighted by molar-refractivity contribution is 6.35. The van der Waals surface area contributed by atoms with Crippen molar-refractivity contribution in [2.45, 2.75) is 57.2 Å². The molecule has 0 aliphatic heterocycles. The fourth-order valence-corrected chi connectivity index (χ4v) is 1.77. The number of carbonyl (C=O) groups is 8. The quantitative estimate of drug-likeness (QED) is 0.0578. The van der Waals surface area contributed by atoms with Crippen LogP contribution in [-0.4, -0.2) is 117 Å². The van der Waals surface area contributed by atoms with Gasteiger partial charge in [0.25, 0.3) is 11.6 Å². The largest absolute Gasteiger partial charge is 0.457 e. The Balaban J connectivity index is 4.91. The lowest BCUT2D eigenvalue weighted by Gasteiger charge is -2.23. The molecule has 0 rings (SSSR count). The average Bonchev–Trinajstić information content (AvgIpc) is 2.88. The van der Waals surface area contributed by atoms with Crippen LogP contribution in [-0.2, 0) is 67.4 Å². The van der Waals surface area contributed by atoms with Crippen molar-refractivity contribution in [2.24, 2.45) is 0 Å². The molecule has 0 saturated carbocycles. The SMILES string of the molecule is CC(O)C(=O)OOC(=O)C(=O)COC(=O)CCC(=O)OC(C(=O)C(=O)OOC(=O)C(C)O)C(O)C(O)CO. The molecule has 5 atom stereocenters. The molecule has 0 fully saturated rings. The van der Waals surface area contributed by atoms with Crippen molar-refractivity contribution in [1.82, 2.24) is 0 Å². The van der Waals surface area contributed by atoms with Crippen molar-refractivity contribution in [1.29, 1.82) is 0 Å². The number of aliphatic hydroxyl groups excluding tert-OH is 5. The Morgan fingerprint density at radius 2 is 1.16 bits per heavy atom. The Labute approximate surface area is 211 Å². The number of carbonyl (C=O) groups excluding carboxylic acids is 8. The fraction of sp³-hybridized carbons (Fsp3) is 0.579. The normalized spacial score (nSPS) is 14.4. The Kier molecular flexibility index (Phi) is 14.9. The van der Waals surface area contributed by atoms with E-state index in [0.717, 1.165) is 13.8 Å². The average molecular weight is 556 g/mol.